The SMILES string of the molecule is CCC(NC)c1nnc(Cc2cccc(O)c2)s1. The van der Waals surface area contributed by atoms with E-state index >= 15 is 0 Å². The lowest BCUT2D eigenvalue weighted by Crippen LogP contribution is -2.14. The molecule has 1 atom stereocenters. The number of benzene rings is 1. The maximum absolute atomic E-state index is 9.42. The van der Waals surface area contributed by atoms with Gasteiger partial charge in [-0.25, -0.2) is 0 Å². The third-order valence-electron chi connectivity index (χ3n) is 2.80. The highest BCUT2D eigenvalue weighted by Gasteiger charge is 2.13. The standard InChI is InChI=1S/C13H17N3OS/c1-3-11(14-2)13-16-15-12(18-13)8-9-5-4-6-10(17)7-9/h4-7,11,14,17H,3,8H2,1-2H3. The molecule has 1 aromatic heterocycles. The first kappa shape index (κ1) is 13.0. The predicted octanol–water partition coefficient (Wildman–Crippen LogP) is 2.51. The third kappa shape index (κ3) is 3.05. The summed E-state index contributed by atoms with van der Waals surface area (Å²) in [6.07, 6.45) is 1.71. The van der Waals surface area contributed by atoms with E-state index in [4.69, 9.17) is 0 Å². The molecule has 0 fully saturated rings. The molecule has 96 valence electrons. The Labute approximate surface area is 111 Å². The highest BCUT2D eigenvalue weighted by Crippen LogP contribution is 2.23. The average molecular weight is 263 g/mol. The Kier molecular flexibility index (Phi) is 4.28. The zero-order valence-electron chi connectivity index (χ0n) is 10.6. The van der Waals surface area contributed by atoms with Gasteiger partial charge in [-0.1, -0.05) is 30.4 Å². The van der Waals surface area contributed by atoms with E-state index in [0.29, 0.717) is 12.2 Å². The summed E-state index contributed by atoms with van der Waals surface area (Å²) in [6, 6.07) is 7.53. The predicted molar refractivity (Wildman–Crippen MR) is 72.9 cm³/mol. The summed E-state index contributed by atoms with van der Waals surface area (Å²) in [5.41, 5.74) is 1.05. The zero-order valence-corrected chi connectivity index (χ0v) is 11.4. The summed E-state index contributed by atoms with van der Waals surface area (Å²) < 4.78 is 0. The molecule has 0 radical (unpaired) electrons. The number of aromatic hydroxyl groups is 1. The van der Waals surface area contributed by atoms with Crippen LogP contribution in [0.2, 0.25) is 0 Å². The van der Waals surface area contributed by atoms with Crippen LogP contribution in [0.1, 0.15) is 35.0 Å². The third-order valence-corrected chi connectivity index (χ3v) is 3.84. The number of phenols is 1. The minimum absolute atomic E-state index is 0.278. The van der Waals surface area contributed by atoms with Gasteiger partial charge in [-0.05, 0) is 31.2 Å². The monoisotopic (exact) mass is 263 g/mol. The molecule has 1 heterocycles. The second kappa shape index (κ2) is 5.93. The molecule has 2 N–H and O–H groups in total. The maximum atomic E-state index is 9.42. The van der Waals surface area contributed by atoms with Gasteiger partial charge in [-0.15, -0.1) is 10.2 Å². The molecular weight excluding hydrogens is 246 g/mol. The van der Waals surface area contributed by atoms with E-state index in [1.165, 1.54) is 0 Å². The van der Waals surface area contributed by atoms with Crippen molar-refractivity contribution in [2.45, 2.75) is 25.8 Å². The molecule has 0 bridgehead atoms. The van der Waals surface area contributed by atoms with Crippen molar-refractivity contribution in [1.82, 2.24) is 15.5 Å². The Morgan fingerprint density at radius 1 is 1.39 bits per heavy atom. The van der Waals surface area contributed by atoms with Crippen LogP contribution in [0, 0.1) is 0 Å². The number of aromatic nitrogens is 2. The molecular formula is C13H17N3OS. The number of hydrogen-bond donors (Lipinski definition) is 2. The Morgan fingerprint density at radius 2 is 2.22 bits per heavy atom. The molecule has 0 saturated heterocycles. The highest BCUT2D eigenvalue weighted by molar-refractivity contribution is 7.11. The van der Waals surface area contributed by atoms with Crippen LogP contribution in [-0.4, -0.2) is 22.4 Å². The van der Waals surface area contributed by atoms with Crippen LogP contribution in [0.4, 0.5) is 0 Å². The van der Waals surface area contributed by atoms with E-state index in [0.717, 1.165) is 22.0 Å². The van der Waals surface area contributed by atoms with E-state index in [2.05, 4.69) is 22.4 Å². The lowest BCUT2D eigenvalue weighted by molar-refractivity contribution is 0.474. The molecule has 2 aromatic rings. The van der Waals surface area contributed by atoms with Crippen molar-refractivity contribution in [1.29, 1.82) is 0 Å². The smallest absolute Gasteiger partial charge is 0.134 e. The van der Waals surface area contributed by atoms with Crippen molar-refractivity contribution in [3.8, 4) is 5.75 Å². The van der Waals surface area contributed by atoms with Gasteiger partial charge in [-0.2, -0.15) is 0 Å². The van der Waals surface area contributed by atoms with Gasteiger partial charge in [0, 0.05) is 6.42 Å². The van der Waals surface area contributed by atoms with Crippen LogP contribution < -0.4 is 5.32 Å². The second-order valence-electron chi connectivity index (χ2n) is 4.13. The van der Waals surface area contributed by atoms with Crippen LogP contribution in [0.5, 0.6) is 5.75 Å². The minimum Gasteiger partial charge on any atom is -0.508 e. The summed E-state index contributed by atoms with van der Waals surface area (Å²) in [6.45, 7) is 2.12. The molecule has 4 nitrogen and oxygen atoms in total. The average Bonchev–Trinajstić information content (AvgIpc) is 2.79. The summed E-state index contributed by atoms with van der Waals surface area (Å²) in [7, 11) is 1.93. The number of hydrogen-bond acceptors (Lipinski definition) is 5. The van der Waals surface area contributed by atoms with Gasteiger partial charge in [0.15, 0.2) is 0 Å². The number of phenolic OH excluding ortho intramolecular Hbond substituents is 1. The molecule has 0 spiro atoms. The van der Waals surface area contributed by atoms with E-state index in [1.807, 2.05) is 19.2 Å². The molecule has 0 aliphatic carbocycles. The van der Waals surface area contributed by atoms with Crippen molar-refractivity contribution in [3.63, 3.8) is 0 Å². The molecule has 0 aliphatic heterocycles. The van der Waals surface area contributed by atoms with Crippen LogP contribution >= 0.6 is 11.3 Å². The Balaban J connectivity index is 2.11. The summed E-state index contributed by atoms with van der Waals surface area (Å²) in [5, 5.41) is 23.1. The molecule has 0 amide bonds. The van der Waals surface area contributed by atoms with Crippen molar-refractivity contribution in [2.24, 2.45) is 0 Å². The van der Waals surface area contributed by atoms with Crippen LogP contribution in [0.15, 0.2) is 24.3 Å². The fraction of sp³-hybridized carbons (Fsp3) is 0.385. The largest absolute Gasteiger partial charge is 0.508 e. The van der Waals surface area contributed by atoms with Gasteiger partial charge in [0.25, 0.3) is 0 Å². The van der Waals surface area contributed by atoms with Crippen molar-refractivity contribution < 1.29 is 5.11 Å². The van der Waals surface area contributed by atoms with E-state index in [9.17, 15) is 5.11 Å². The summed E-state index contributed by atoms with van der Waals surface area (Å²) in [4.78, 5) is 0. The Morgan fingerprint density at radius 3 is 2.89 bits per heavy atom. The molecule has 0 saturated carbocycles. The fourth-order valence-corrected chi connectivity index (χ4v) is 2.89. The molecule has 5 heteroatoms. The second-order valence-corrected chi connectivity index (χ2v) is 5.22. The molecule has 18 heavy (non-hydrogen) atoms. The normalized spacial score (nSPS) is 12.6. The van der Waals surface area contributed by atoms with Gasteiger partial charge in [-0.3, -0.25) is 0 Å². The fourth-order valence-electron chi connectivity index (χ4n) is 1.82. The first-order valence-electron chi connectivity index (χ1n) is 6.00. The van der Waals surface area contributed by atoms with Crippen molar-refractivity contribution in [3.05, 3.63) is 39.8 Å². The lowest BCUT2D eigenvalue weighted by atomic mass is 10.1. The number of rotatable bonds is 5. The molecule has 0 aliphatic rings. The maximum Gasteiger partial charge on any atom is 0.134 e. The lowest BCUT2D eigenvalue weighted by Gasteiger charge is -2.08. The molecule has 1 aromatic carbocycles. The Hall–Kier alpha value is -1.46. The van der Waals surface area contributed by atoms with Crippen LogP contribution in [0.25, 0.3) is 0 Å². The minimum atomic E-state index is 0.278. The van der Waals surface area contributed by atoms with E-state index in [-0.39, 0.29) is 6.04 Å². The van der Waals surface area contributed by atoms with Gasteiger partial charge in [0.1, 0.15) is 15.8 Å². The highest BCUT2D eigenvalue weighted by atomic mass is 32.1. The molecule has 2 rings (SSSR count). The first-order valence-corrected chi connectivity index (χ1v) is 6.82. The van der Waals surface area contributed by atoms with Crippen molar-refractivity contribution >= 4 is 11.3 Å². The topological polar surface area (TPSA) is 58.0 Å². The van der Waals surface area contributed by atoms with Gasteiger partial charge >= 0.3 is 0 Å². The Bertz CT molecular complexity index is 508. The molecule has 1 unspecified atom stereocenters. The van der Waals surface area contributed by atoms with Crippen molar-refractivity contribution in [2.75, 3.05) is 7.05 Å². The van der Waals surface area contributed by atoms with Crippen LogP contribution in [0.3, 0.4) is 0 Å². The van der Waals surface area contributed by atoms with Crippen LogP contribution in [-0.2, 0) is 6.42 Å². The summed E-state index contributed by atoms with van der Waals surface area (Å²) >= 11 is 1.62. The number of nitrogens with one attached hydrogen (secondary N) is 1. The van der Waals surface area contributed by atoms with Gasteiger partial charge < -0.3 is 10.4 Å². The quantitative estimate of drug-likeness (QED) is 0.870. The zero-order chi connectivity index (χ0) is 13.0. The van der Waals surface area contributed by atoms with E-state index < -0.39 is 0 Å². The van der Waals surface area contributed by atoms with Gasteiger partial charge in [0.2, 0.25) is 0 Å². The van der Waals surface area contributed by atoms with Gasteiger partial charge in [0.05, 0.1) is 6.04 Å². The summed E-state index contributed by atoms with van der Waals surface area (Å²) in [5.74, 6) is 0.291. The number of nitrogens with zero attached hydrogens (tertiary/aromatic N) is 2. The first-order chi connectivity index (χ1) is 8.72. The van der Waals surface area contributed by atoms with E-state index in [1.54, 1.807) is 23.5 Å².